The Kier molecular flexibility index (Phi) is 6.83. The Morgan fingerprint density at radius 2 is 2.03 bits per heavy atom. The first-order chi connectivity index (χ1) is 17.0. The lowest BCUT2D eigenvalue weighted by Gasteiger charge is -2.14. The molecule has 5 rings (SSSR count). The van der Waals surface area contributed by atoms with Crippen LogP contribution in [0, 0.1) is 17.7 Å². The van der Waals surface area contributed by atoms with E-state index in [1.165, 1.54) is 44.8 Å². The Bertz CT molecular complexity index is 1270. The predicted octanol–water partition coefficient (Wildman–Crippen LogP) is 5.40. The number of hydrogen-bond donors (Lipinski definition) is 2. The first-order valence-corrected chi connectivity index (χ1v) is 12.1. The molecule has 2 fully saturated rings. The summed E-state index contributed by atoms with van der Waals surface area (Å²) in [5.41, 5.74) is 1.70. The van der Waals surface area contributed by atoms with E-state index in [-0.39, 0.29) is 10.9 Å². The van der Waals surface area contributed by atoms with Crippen LogP contribution < -0.4 is 15.4 Å². The monoisotopic (exact) mass is 495 g/mol. The lowest BCUT2D eigenvalue weighted by Crippen LogP contribution is -2.22. The van der Waals surface area contributed by atoms with Gasteiger partial charge in [0.15, 0.2) is 0 Å². The molecule has 9 heteroatoms. The molecule has 1 saturated heterocycles. The summed E-state index contributed by atoms with van der Waals surface area (Å²) < 4.78 is 19.0. The summed E-state index contributed by atoms with van der Waals surface area (Å²) in [5, 5.41) is 6.71. The predicted molar refractivity (Wildman–Crippen MR) is 136 cm³/mol. The molecule has 1 aliphatic carbocycles. The molecule has 2 unspecified atom stereocenters. The topological polar surface area (TPSA) is 79.4 Å². The van der Waals surface area contributed by atoms with Gasteiger partial charge in [-0.05, 0) is 48.9 Å². The largest absolute Gasteiger partial charge is 0.494 e. The van der Waals surface area contributed by atoms with Crippen LogP contribution in [0.25, 0.3) is 10.9 Å². The second-order valence-corrected chi connectivity index (χ2v) is 9.51. The molecular weight excluding hydrogens is 469 g/mol. The molecule has 7 nitrogen and oxygen atoms in total. The minimum Gasteiger partial charge on any atom is -0.494 e. The molecule has 2 heterocycles. The highest BCUT2D eigenvalue weighted by molar-refractivity contribution is 6.31. The van der Waals surface area contributed by atoms with Gasteiger partial charge in [-0.15, -0.1) is 0 Å². The van der Waals surface area contributed by atoms with E-state index >= 15 is 0 Å². The molecule has 1 aromatic heterocycles. The summed E-state index contributed by atoms with van der Waals surface area (Å²) in [7, 11) is 1.54. The van der Waals surface area contributed by atoms with Gasteiger partial charge in [0, 0.05) is 42.9 Å². The van der Waals surface area contributed by atoms with E-state index in [1.807, 2.05) is 6.08 Å². The zero-order valence-corrected chi connectivity index (χ0v) is 20.2. The van der Waals surface area contributed by atoms with Gasteiger partial charge < -0.3 is 15.4 Å². The third-order valence-electron chi connectivity index (χ3n) is 6.83. The summed E-state index contributed by atoms with van der Waals surface area (Å²) in [6, 6.07) is 7.83. The second-order valence-electron chi connectivity index (χ2n) is 9.11. The molecule has 35 heavy (non-hydrogen) atoms. The molecule has 1 aliphatic heterocycles. The van der Waals surface area contributed by atoms with Crippen molar-refractivity contribution >= 4 is 45.6 Å². The van der Waals surface area contributed by atoms with E-state index in [9.17, 15) is 9.18 Å². The summed E-state index contributed by atoms with van der Waals surface area (Å²) >= 11 is 5.91. The van der Waals surface area contributed by atoms with Crippen LogP contribution in [-0.4, -0.2) is 47.5 Å². The molecule has 0 radical (unpaired) electrons. The number of anilines is 3. The molecule has 2 atom stereocenters. The number of nitrogens with one attached hydrogen (secondary N) is 2. The number of methoxy groups -OCH3 is 1. The fourth-order valence-corrected chi connectivity index (χ4v) is 5.31. The van der Waals surface area contributed by atoms with Crippen LogP contribution in [0.5, 0.6) is 5.75 Å². The van der Waals surface area contributed by atoms with Gasteiger partial charge in [-0.1, -0.05) is 24.1 Å². The maximum absolute atomic E-state index is 13.5. The lowest BCUT2D eigenvalue weighted by atomic mass is 10.0. The Morgan fingerprint density at radius 1 is 1.23 bits per heavy atom. The minimum atomic E-state index is -0.500. The third kappa shape index (κ3) is 5.23. The standard InChI is InChI=1S/C26H27ClFN5O2/c1-35-24-12-22-19(26(30-15-29-22)31-18-7-8-21(28)20(27)10-18)11-23(24)32-25(34)6-3-9-33-13-16-4-2-5-17(16)14-33/h3,6-8,10-12,15-17H,2,4-5,9,13-14H2,1H3,(H,32,34)(H,29,30,31). The number of hydrogen-bond acceptors (Lipinski definition) is 6. The smallest absolute Gasteiger partial charge is 0.248 e. The Morgan fingerprint density at radius 3 is 2.77 bits per heavy atom. The summed E-state index contributed by atoms with van der Waals surface area (Å²) in [5.74, 6) is 1.90. The minimum absolute atomic E-state index is 0.00640. The summed E-state index contributed by atoms with van der Waals surface area (Å²) in [6.45, 7) is 3.03. The van der Waals surface area contributed by atoms with E-state index in [2.05, 4.69) is 25.5 Å². The number of rotatable bonds is 7. The number of amides is 1. The average Bonchev–Trinajstić information content (AvgIpc) is 3.43. The fraction of sp³-hybridized carbons (Fsp3) is 0.346. The van der Waals surface area contributed by atoms with E-state index in [0.29, 0.717) is 33.8 Å². The van der Waals surface area contributed by atoms with Crippen LogP contribution in [0.4, 0.5) is 21.6 Å². The molecule has 2 N–H and O–H groups in total. The van der Waals surface area contributed by atoms with Crippen molar-refractivity contribution in [1.82, 2.24) is 14.9 Å². The van der Waals surface area contributed by atoms with Gasteiger partial charge >= 0.3 is 0 Å². The maximum atomic E-state index is 13.5. The lowest BCUT2D eigenvalue weighted by molar-refractivity contribution is -0.111. The van der Waals surface area contributed by atoms with Crippen LogP contribution in [-0.2, 0) is 4.79 Å². The van der Waals surface area contributed by atoms with Gasteiger partial charge in [0.1, 0.15) is 23.7 Å². The van der Waals surface area contributed by atoms with Gasteiger partial charge in [-0.25, -0.2) is 14.4 Å². The third-order valence-corrected chi connectivity index (χ3v) is 7.12. The highest BCUT2D eigenvalue weighted by atomic mass is 35.5. The van der Waals surface area contributed by atoms with E-state index in [4.69, 9.17) is 16.3 Å². The molecule has 0 bridgehead atoms. The van der Waals surface area contributed by atoms with Crippen LogP contribution in [0.3, 0.4) is 0 Å². The molecule has 1 saturated carbocycles. The molecular formula is C26H27ClFN5O2. The van der Waals surface area contributed by atoms with Gasteiger partial charge in [0.2, 0.25) is 5.91 Å². The van der Waals surface area contributed by atoms with Gasteiger partial charge in [-0.3, -0.25) is 9.69 Å². The van der Waals surface area contributed by atoms with Crippen molar-refractivity contribution < 1.29 is 13.9 Å². The summed E-state index contributed by atoms with van der Waals surface area (Å²) in [6.07, 6.45) is 8.93. The highest BCUT2D eigenvalue weighted by Crippen LogP contribution is 2.37. The number of nitrogens with zero attached hydrogens (tertiary/aromatic N) is 3. The van der Waals surface area contributed by atoms with Crippen molar-refractivity contribution in [2.24, 2.45) is 11.8 Å². The number of fused-ring (bicyclic) bond motifs is 2. The highest BCUT2D eigenvalue weighted by Gasteiger charge is 2.35. The second kappa shape index (κ2) is 10.2. The van der Waals surface area contributed by atoms with Crippen molar-refractivity contribution in [3.8, 4) is 5.75 Å². The number of carbonyl (C=O) groups is 1. The SMILES string of the molecule is COc1cc2ncnc(Nc3ccc(F)c(Cl)c3)c2cc1NC(=O)C=CCN1CC2CCCC2C1. The number of ether oxygens (including phenoxy) is 1. The Hall–Kier alpha value is -3.23. The molecule has 0 spiro atoms. The first-order valence-electron chi connectivity index (χ1n) is 11.7. The number of aromatic nitrogens is 2. The van der Waals surface area contributed by atoms with E-state index < -0.39 is 5.82 Å². The van der Waals surface area contributed by atoms with Crippen LogP contribution in [0.1, 0.15) is 19.3 Å². The Labute approximate surface area is 208 Å². The summed E-state index contributed by atoms with van der Waals surface area (Å²) in [4.78, 5) is 23.7. The van der Waals surface area contributed by atoms with Gasteiger partial charge in [0.25, 0.3) is 0 Å². The number of benzene rings is 2. The zero-order valence-electron chi connectivity index (χ0n) is 19.4. The van der Waals surface area contributed by atoms with Crippen molar-refractivity contribution in [3.63, 3.8) is 0 Å². The number of likely N-dealkylation sites (tertiary alicyclic amines) is 1. The zero-order chi connectivity index (χ0) is 24.4. The number of carbonyl (C=O) groups excluding carboxylic acids is 1. The Balaban J connectivity index is 1.31. The van der Waals surface area contributed by atoms with Crippen LogP contribution in [0.2, 0.25) is 5.02 Å². The average molecular weight is 496 g/mol. The quantitative estimate of drug-likeness (QED) is 0.427. The van der Waals surface area contributed by atoms with E-state index in [0.717, 1.165) is 31.5 Å². The normalized spacial score (nSPS) is 19.9. The fourth-order valence-electron chi connectivity index (χ4n) is 5.13. The molecule has 1 amide bonds. The molecule has 2 aliphatic rings. The molecule has 3 aromatic rings. The van der Waals surface area contributed by atoms with Crippen LogP contribution >= 0.6 is 11.6 Å². The van der Waals surface area contributed by atoms with Gasteiger partial charge in [0.05, 0.1) is 23.3 Å². The van der Waals surface area contributed by atoms with E-state index in [1.54, 1.807) is 24.3 Å². The van der Waals surface area contributed by atoms with Crippen molar-refractivity contribution in [1.29, 1.82) is 0 Å². The van der Waals surface area contributed by atoms with Crippen molar-refractivity contribution in [2.75, 3.05) is 37.4 Å². The van der Waals surface area contributed by atoms with Crippen molar-refractivity contribution in [3.05, 3.63) is 59.7 Å². The number of halogens is 2. The molecule has 2 aromatic carbocycles. The van der Waals surface area contributed by atoms with Crippen molar-refractivity contribution in [2.45, 2.75) is 19.3 Å². The maximum Gasteiger partial charge on any atom is 0.248 e. The molecule has 182 valence electrons. The first kappa shape index (κ1) is 23.5. The van der Waals surface area contributed by atoms with Gasteiger partial charge in [-0.2, -0.15) is 0 Å². The van der Waals surface area contributed by atoms with Crippen LogP contribution in [0.15, 0.2) is 48.8 Å².